The zero-order valence-electron chi connectivity index (χ0n) is 43.0. The zero-order valence-corrected chi connectivity index (χ0v) is 43.8. The number of aliphatic imine (C=N–C) groups is 1. The highest BCUT2D eigenvalue weighted by Gasteiger charge is 2.37. The van der Waals surface area contributed by atoms with Crippen molar-refractivity contribution in [3.63, 3.8) is 0 Å². The van der Waals surface area contributed by atoms with E-state index in [1.165, 1.54) is 30.5 Å². The fourth-order valence-corrected chi connectivity index (χ4v) is 10.9. The van der Waals surface area contributed by atoms with E-state index in [1.807, 2.05) is 62.4 Å². The van der Waals surface area contributed by atoms with Crippen molar-refractivity contribution in [1.82, 2.24) is 25.7 Å². The molecule has 7 rings (SSSR count). The number of benzene rings is 4. The number of hydrogen-bond donors (Lipinski definition) is 7. The Balaban J connectivity index is 1.04. The zero-order chi connectivity index (χ0) is 54.6. The lowest BCUT2D eigenvalue weighted by molar-refractivity contribution is -0.156. The van der Waals surface area contributed by atoms with E-state index < -0.39 is 88.0 Å². The predicted octanol–water partition coefficient (Wildman–Crippen LogP) is 5.82. The van der Waals surface area contributed by atoms with E-state index in [9.17, 15) is 42.3 Å². The first-order chi connectivity index (χ1) is 35.3. The molecule has 8 N–H and O–H groups in total. The second-order valence-electron chi connectivity index (χ2n) is 20.1. The quantitative estimate of drug-likeness (QED) is 0.0236. The summed E-state index contributed by atoms with van der Waals surface area (Å²) in [6, 6.07) is 18.5. The Kier molecular flexibility index (Phi) is 16.2. The standard InChI is InChI=1S/C54H62N8O12S/c1-29-30(2)47(31(3)38-26-54(7,8)74-46(29)38)75(70,71)62-51(55)57-23-14-21-41(61-52(69)72-28-39-34-17-11-9-15-32(34)33-16-10-12-18-35(33)39)48(65)58-27-43(63)59-42(25-44(64)73-53(4,5)6)49(66)60-40-20-13-19-36-37(50(67)68)22-24-56-45(36)40/h9-13,15-20,22,24,39,41-42H,14,21,23,25-28H2,1-8H3,(H,58,65)(H,59,63)(H,60,66)(H,61,69)(H,67,68)(H3,55,57,62)/t41-,42-/m0/s1. The Morgan fingerprint density at radius 1 is 0.880 bits per heavy atom. The third kappa shape index (κ3) is 12.8. The van der Waals surface area contributed by atoms with Crippen molar-refractivity contribution in [1.29, 1.82) is 0 Å². The van der Waals surface area contributed by atoms with Crippen molar-refractivity contribution >= 4 is 68.3 Å². The van der Waals surface area contributed by atoms with Crippen molar-refractivity contribution in [3.05, 3.63) is 118 Å². The van der Waals surface area contributed by atoms with Crippen LogP contribution in [0.15, 0.2) is 88.9 Å². The second kappa shape index (κ2) is 22.2. The molecule has 0 radical (unpaired) electrons. The van der Waals surface area contributed by atoms with Crippen molar-refractivity contribution < 1.29 is 56.5 Å². The van der Waals surface area contributed by atoms with Gasteiger partial charge in [-0.3, -0.25) is 29.2 Å². The Labute approximate surface area is 434 Å². The van der Waals surface area contributed by atoms with Crippen LogP contribution in [-0.4, -0.2) is 103 Å². The number of sulfonamides is 1. The first-order valence-corrected chi connectivity index (χ1v) is 25.8. The van der Waals surface area contributed by atoms with E-state index in [2.05, 4.69) is 36.0 Å². The number of carboxylic acids is 1. The molecule has 2 atom stereocenters. The maximum Gasteiger partial charge on any atom is 0.407 e. The summed E-state index contributed by atoms with van der Waals surface area (Å²) in [5.41, 5.74) is 11.3. The monoisotopic (exact) mass is 1050 g/mol. The van der Waals surface area contributed by atoms with Crippen LogP contribution in [0.1, 0.15) is 104 Å². The van der Waals surface area contributed by atoms with E-state index in [4.69, 9.17) is 19.9 Å². The number of carbonyl (C=O) groups excluding carboxylic acids is 5. The number of fused-ring (bicyclic) bond motifs is 5. The first kappa shape index (κ1) is 54.7. The lowest BCUT2D eigenvalue weighted by Gasteiger charge is -2.23. The molecule has 0 saturated heterocycles. The molecule has 75 heavy (non-hydrogen) atoms. The molecule has 4 aromatic carbocycles. The lowest BCUT2D eigenvalue weighted by Crippen LogP contribution is -2.52. The van der Waals surface area contributed by atoms with Gasteiger partial charge in [0.15, 0.2) is 0 Å². The minimum Gasteiger partial charge on any atom is -0.487 e. The summed E-state index contributed by atoms with van der Waals surface area (Å²) >= 11 is 0. The summed E-state index contributed by atoms with van der Waals surface area (Å²) in [5.74, 6) is -4.68. The van der Waals surface area contributed by atoms with Crippen LogP contribution in [0.4, 0.5) is 10.5 Å². The maximum absolute atomic E-state index is 13.9. The molecule has 21 heteroatoms. The predicted molar refractivity (Wildman–Crippen MR) is 280 cm³/mol. The Bertz CT molecular complexity index is 3200. The van der Waals surface area contributed by atoms with Gasteiger partial charge < -0.3 is 46.3 Å². The Hall–Kier alpha value is -8.07. The number of nitrogens with two attached hydrogens (primary N) is 1. The summed E-state index contributed by atoms with van der Waals surface area (Å²) in [6.45, 7) is 13.1. The number of esters is 1. The largest absolute Gasteiger partial charge is 0.487 e. The average Bonchev–Trinajstić information content (AvgIpc) is 3.85. The Morgan fingerprint density at radius 3 is 2.20 bits per heavy atom. The molecule has 1 aliphatic heterocycles. The van der Waals surface area contributed by atoms with Gasteiger partial charge in [0.2, 0.25) is 23.7 Å². The number of aromatic nitrogens is 1. The van der Waals surface area contributed by atoms with Crippen molar-refractivity contribution in [3.8, 4) is 16.9 Å². The summed E-state index contributed by atoms with van der Waals surface area (Å²) in [7, 11) is -4.22. The van der Waals surface area contributed by atoms with Crippen LogP contribution in [0.25, 0.3) is 22.0 Å². The number of anilines is 1. The number of guanidine groups is 1. The second-order valence-corrected chi connectivity index (χ2v) is 21.7. The molecule has 2 aliphatic rings. The number of carboxylic acid groups (broad SMARTS) is 1. The smallest absolute Gasteiger partial charge is 0.407 e. The minimum absolute atomic E-state index is 0.0664. The normalized spacial score (nSPS) is 14.5. The van der Waals surface area contributed by atoms with E-state index >= 15 is 0 Å². The van der Waals surface area contributed by atoms with Crippen LogP contribution >= 0.6 is 0 Å². The van der Waals surface area contributed by atoms with Gasteiger partial charge in [0.25, 0.3) is 10.0 Å². The summed E-state index contributed by atoms with van der Waals surface area (Å²) < 4.78 is 47.3. The van der Waals surface area contributed by atoms with Gasteiger partial charge in [-0.05, 0) is 119 Å². The fraction of sp³-hybridized carbons (Fsp3) is 0.370. The highest BCUT2D eigenvalue weighted by atomic mass is 32.2. The highest BCUT2D eigenvalue weighted by molar-refractivity contribution is 7.90. The number of alkyl carbamates (subject to hydrolysis) is 1. The van der Waals surface area contributed by atoms with Gasteiger partial charge in [0, 0.05) is 36.0 Å². The summed E-state index contributed by atoms with van der Waals surface area (Å²) in [5, 5.41) is 20.1. The van der Waals surface area contributed by atoms with Gasteiger partial charge in [-0.15, -0.1) is 0 Å². The molecule has 4 amide bonds. The third-order valence-electron chi connectivity index (χ3n) is 12.8. The molecule has 1 aromatic heterocycles. The molecule has 0 fully saturated rings. The van der Waals surface area contributed by atoms with Crippen LogP contribution in [0.5, 0.6) is 5.75 Å². The number of amides is 4. The summed E-state index contributed by atoms with van der Waals surface area (Å²) in [6.07, 6.45) is 0.198. The van der Waals surface area contributed by atoms with Crippen molar-refractivity contribution in [2.75, 3.05) is 25.0 Å². The van der Waals surface area contributed by atoms with Crippen LogP contribution in [0.2, 0.25) is 0 Å². The molecule has 2 heterocycles. The molecular formula is C54H62N8O12S. The van der Waals surface area contributed by atoms with Gasteiger partial charge in [-0.1, -0.05) is 60.7 Å². The molecule has 0 bridgehead atoms. The molecule has 396 valence electrons. The molecular weight excluding hydrogens is 985 g/mol. The molecule has 5 aromatic rings. The van der Waals surface area contributed by atoms with E-state index in [-0.39, 0.29) is 59.0 Å². The van der Waals surface area contributed by atoms with E-state index in [0.29, 0.717) is 28.9 Å². The highest BCUT2D eigenvalue weighted by Crippen LogP contribution is 2.45. The van der Waals surface area contributed by atoms with Crippen molar-refractivity contribution in [2.45, 2.75) is 115 Å². The number of ether oxygens (including phenoxy) is 3. The third-order valence-corrected chi connectivity index (χ3v) is 14.4. The fourth-order valence-electron chi connectivity index (χ4n) is 9.39. The number of pyridine rings is 1. The number of aromatic carboxylic acids is 1. The van der Waals surface area contributed by atoms with Gasteiger partial charge in [0.1, 0.15) is 35.6 Å². The average molecular weight is 1050 g/mol. The van der Waals surface area contributed by atoms with E-state index in [0.717, 1.165) is 27.8 Å². The van der Waals surface area contributed by atoms with Crippen LogP contribution in [-0.2, 0) is 45.1 Å². The van der Waals surface area contributed by atoms with Gasteiger partial charge in [-0.25, -0.2) is 22.7 Å². The first-order valence-electron chi connectivity index (χ1n) is 24.3. The molecule has 0 unspecified atom stereocenters. The number of nitrogens with zero attached hydrogens (tertiary/aromatic N) is 2. The van der Waals surface area contributed by atoms with Crippen LogP contribution in [0, 0.1) is 20.8 Å². The van der Waals surface area contributed by atoms with E-state index in [1.54, 1.807) is 41.5 Å². The number of carbonyl (C=O) groups is 6. The molecule has 20 nitrogen and oxygen atoms in total. The van der Waals surface area contributed by atoms with Crippen molar-refractivity contribution in [2.24, 2.45) is 10.7 Å². The number of para-hydroxylation sites is 1. The Morgan fingerprint density at radius 2 is 1.55 bits per heavy atom. The van der Waals surface area contributed by atoms with Gasteiger partial charge in [0.05, 0.1) is 34.6 Å². The van der Waals surface area contributed by atoms with Crippen LogP contribution < -0.4 is 36.5 Å². The van der Waals surface area contributed by atoms with Gasteiger partial charge in [-0.2, -0.15) is 0 Å². The lowest BCUT2D eigenvalue weighted by atomic mass is 9.94. The SMILES string of the molecule is Cc1c(C)c(S(=O)(=O)NC(N)=NCCC[C@H](NC(=O)OCC2c3ccccc3-c3ccccc32)C(=O)NCC(=O)N[C@@H](CC(=O)OC(C)(C)C)C(=O)Nc2cccc3c(C(=O)O)ccnc23)c(C)c2c1OC(C)(C)C2. The number of hydrogen-bond acceptors (Lipinski definition) is 13. The van der Waals surface area contributed by atoms with Gasteiger partial charge >= 0.3 is 18.0 Å². The number of nitrogens with one attached hydrogen (secondary N) is 5. The molecule has 1 aliphatic carbocycles. The maximum atomic E-state index is 13.9. The van der Waals surface area contributed by atoms with Crippen LogP contribution in [0.3, 0.4) is 0 Å². The topological polar surface area (TPSA) is 296 Å². The molecule has 0 saturated carbocycles. The minimum atomic E-state index is -4.22. The molecule has 0 spiro atoms. The summed E-state index contributed by atoms with van der Waals surface area (Å²) in [4.78, 5) is 88.3. The number of rotatable bonds is 18.